The van der Waals surface area contributed by atoms with Crippen LogP contribution in [0.25, 0.3) is 11.1 Å². The van der Waals surface area contributed by atoms with Gasteiger partial charge in [-0.1, -0.05) is 29.8 Å². The summed E-state index contributed by atoms with van der Waals surface area (Å²) in [5.41, 5.74) is 0.304. The van der Waals surface area contributed by atoms with Gasteiger partial charge in [0, 0.05) is 6.07 Å². The molecule has 0 fully saturated rings. The lowest BCUT2D eigenvalue weighted by Crippen LogP contribution is -1.98. The summed E-state index contributed by atoms with van der Waals surface area (Å²) in [4.78, 5) is 0. The first kappa shape index (κ1) is 11.6. The van der Waals surface area contributed by atoms with Crippen LogP contribution in [0.2, 0.25) is 0 Å². The van der Waals surface area contributed by atoms with Crippen molar-refractivity contribution in [1.82, 2.24) is 0 Å². The van der Waals surface area contributed by atoms with Crippen molar-refractivity contribution in [3.05, 3.63) is 59.2 Å². The smallest absolute Gasteiger partial charge is 0.169 e. The highest BCUT2D eigenvalue weighted by atomic mass is 19.2. The van der Waals surface area contributed by atoms with Gasteiger partial charge in [-0.3, -0.25) is 0 Å². The van der Waals surface area contributed by atoms with E-state index in [4.69, 9.17) is 0 Å². The lowest BCUT2D eigenvalue weighted by molar-refractivity contribution is 0.458. The van der Waals surface area contributed by atoms with E-state index in [2.05, 4.69) is 0 Å². The van der Waals surface area contributed by atoms with Gasteiger partial charge in [0.25, 0.3) is 0 Å². The van der Waals surface area contributed by atoms with Crippen LogP contribution in [0.5, 0.6) is 0 Å². The Hall–Kier alpha value is -1.84. The van der Waals surface area contributed by atoms with Crippen LogP contribution in [0.1, 0.15) is 5.56 Å². The van der Waals surface area contributed by atoms with Crippen LogP contribution in [0.15, 0.2) is 30.3 Å². The minimum absolute atomic E-state index is 0.101. The van der Waals surface area contributed by atoms with Crippen molar-refractivity contribution in [1.29, 1.82) is 0 Å². The average molecular weight is 240 g/mol. The minimum atomic E-state index is -1.40. The Labute approximate surface area is 95.5 Å². The van der Waals surface area contributed by atoms with E-state index in [9.17, 15) is 17.6 Å². The predicted octanol–water partition coefficient (Wildman–Crippen LogP) is 4.22. The third-order valence-corrected chi connectivity index (χ3v) is 2.45. The molecular formula is C13H8F4. The van der Waals surface area contributed by atoms with Crippen LogP contribution >= 0.6 is 0 Å². The van der Waals surface area contributed by atoms with Gasteiger partial charge in [-0.2, -0.15) is 0 Å². The first-order valence-corrected chi connectivity index (χ1v) is 4.90. The van der Waals surface area contributed by atoms with Crippen molar-refractivity contribution in [2.45, 2.75) is 6.92 Å². The van der Waals surface area contributed by atoms with Crippen LogP contribution in [0.3, 0.4) is 0 Å². The summed E-state index contributed by atoms with van der Waals surface area (Å²) in [5.74, 6) is -5.57. The van der Waals surface area contributed by atoms with Gasteiger partial charge in [-0.15, -0.1) is 0 Å². The molecule has 17 heavy (non-hydrogen) atoms. The topological polar surface area (TPSA) is 0 Å². The summed E-state index contributed by atoms with van der Waals surface area (Å²) >= 11 is 0. The number of benzene rings is 2. The van der Waals surface area contributed by atoms with Crippen LogP contribution in [0.4, 0.5) is 17.6 Å². The van der Waals surface area contributed by atoms with Gasteiger partial charge in [0.05, 0.1) is 5.56 Å². The molecule has 0 amide bonds. The van der Waals surface area contributed by atoms with Crippen molar-refractivity contribution in [3.8, 4) is 11.1 Å². The molecule has 4 heteroatoms. The number of rotatable bonds is 1. The Morgan fingerprint density at radius 3 is 1.71 bits per heavy atom. The molecule has 0 bridgehead atoms. The van der Waals surface area contributed by atoms with E-state index in [0.29, 0.717) is 0 Å². The molecule has 0 saturated heterocycles. The zero-order valence-corrected chi connectivity index (χ0v) is 8.90. The van der Waals surface area contributed by atoms with Gasteiger partial charge in [-0.05, 0) is 12.5 Å². The highest BCUT2D eigenvalue weighted by Gasteiger charge is 2.20. The molecule has 0 aromatic heterocycles. The van der Waals surface area contributed by atoms with Gasteiger partial charge < -0.3 is 0 Å². The molecule has 2 rings (SSSR count). The SMILES string of the molecule is Cc1ccc(-c2c(F)c(F)cc(F)c2F)cc1. The molecule has 0 unspecified atom stereocenters. The van der Waals surface area contributed by atoms with Gasteiger partial charge >= 0.3 is 0 Å². The second kappa shape index (κ2) is 4.20. The summed E-state index contributed by atoms with van der Waals surface area (Å²) in [5, 5.41) is 0. The number of hydrogen-bond acceptors (Lipinski definition) is 0. The number of hydrogen-bond donors (Lipinski definition) is 0. The Kier molecular flexibility index (Phi) is 2.88. The molecular weight excluding hydrogens is 232 g/mol. The minimum Gasteiger partial charge on any atom is -0.204 e. The Bertz CT molecular complexity index is 532. The van der Waals surface area contributed by atoms with Crippen molar-refractivity contribution >= 4 is 0 Å². The fourth-order valence-electron chi connectivity index (χ4n) is 1.55. The molecule has 0 heterocycles. The van der Waals surface area contributed by atoms with E-state index >= 15 is 0 Å². The largest absolute Gasteiger partial charge is 0.204 e. The molecule has 0 N–H and O–H groups in total. The summed E-state index contributed by atoms with van der Waals surface area (Å²) < 4.78 is 52.9. The lowest BCUT2D eigenvalue weighted by Gasteiger charge is -2.07. The zero-order chi connectivity index (χ0) is 12.6. The van der Waals surface area contributed by atoms with Crippen molar-refractivity contribution in [2.24, 2.45) is 0 Å². The molecule has 0 radical (unpaired) electrons. The normalized spacial score (nSPS) is 10.6. The first-order chi connectivity index (χ1) is 8.00. The van der Waals surface area contributed by atoms with Crippen molar-refractivity contribution in [2.75, 3.05) is 0 Å². The standard InChI is InChI=1S/C13H8F4/c1-7-2-4-8(5-3-7)11-12(16)9(14)6-10(15)13(11)17/h2-6H,1H3. The maximum atomic E-state index is 13.4. The van der Waals surface area contributed by atoms with Crippen LogP contribution in [-0.4, -0.2) is 0 Å². The second-order valence-corrected chi connectivity index (χ2v) is 3.71. The molecule has 0 aliphatic carbocycles. The molecule has 2 aromatic carbocycles. The van der Waals surface area contributed by atoms with E-state index in [0.717, 1.165) is 5.56 Å². The Balaban J connectivity index is 2.70. The maximum absolute atomic E-state index is 13.4. The summed E-state index contributed by atoms with van der Waals surface area (Å²) in [6.45, 7) is 1.79. The average Bonchev–Trinajstić information content (AvgIpc) is 2.29. The third kappa shape index (κ3) is 2.02. The maximum Gasteiger partial charge on any atom is 0.169 e. The van der Waals surface area contributed by atoms with E-state index in [1.165, 1.54) is 12.1 Å². The molecule has 0 atom stereocenters. The van der Waals surface area contributed by atoms with Crippen LogP contribution in [-0.2, 0) is 0 Å². The van der Waals surface area contributed by atoms with Crippen molar-refractivity contribution < 1.29 is 17.6 Å². The van der Waals surface area contributed by atoms with Gasteiger partial charge in [0.2, 0.25) is 0 Å². The van der Waals surface area contributed by atoms with E-state index in [-0.39, 0.29) is 11.6 Å². The number of aryl methyl sites for hydroxylation is 1. The molecule has 0 aliphatic rings. The van der Waals surface area contributed by atoms with Crippen molar-refractivity contribution in [3.63, 3.8) is 0 Å². The first-order valence-electron chi connectivity index (χ1n) is 4.90. The third-order valence-electron chi connectivity index (χ3n) is 2.45. The molecule has 0 aliphatic heterocycles. The van der Waals surface area contributed by atoms with E-state index in [1.807, 2.05) is 0 Å². The molecule has 0 nitrogen and oxygen atoms in total. The van der Waals surface area contributed by atoms with Crippen LogP contribution < -0.4 is 0 Å². The summed E-state index contributed by atoms with van der Waals surface area (Å²) in [6.07, 6.45) is 0. The summed E-state index contributed by atoms with van der Waals surface area (Å²) in [6, 6.07) is 6.24. The highest BCUT2D eigenvalue weighted by molar-refractivity contribution is 5.65. The highest BCUT2D eigenvalue weighted by Crippen LogP contribution is 2.29. The molecule has 0 saturated carbocycles. The molecule has 0 spiro atoms. The van der Waals surface area contributed by atoms with Gasteiger partial charge in [-0.25, -0.2) is 17.6 Å². The van der Waals surface area contributed by atoms with E-state index in [1.54, 1.807) is 19.1 Å². The van der Waals surface area contributed by atoms with E-state index < -0.39 is 28.8 Å². The predicted molar refractivity (Wildman–Crippen MR) is 56.4 cm³/mol. The number of halogens is 4. The summed E-state index contributed by atoms with van der Waals surface area (Å²) in [7, 11) is 0. The lowest BCUT2D eigenvalue weighted by atomic mass is 10.0. The Morgan fingerprint density at radius 2 is 1.24 bits per heavy atom. The van der Waals surface area contributed by atoms with Crippen LogP contribution in [0, 0.1) is 30.2 Å². The van der Waals surface area contributed by atoms with Gasteiger partial charge in [0.15, 0.2) is 23.3 Å². The fourth-order valence-corrected chi connectivity index (χ4v) is 1.55. The molecule has 2 aromatic rings. The Morgan fingerprint density at radius 1 is 0.765 bits per heavy atom. The quantitative estimate of drug-likeness (QED) is 0.517. The zero-order valence-electron chi connectivity index (χ0n) is 8.90. The monoisotopic (exact) mass is 240 g/mol. The molecule has 88 valence electrons. The second-order valence-electron chi connectivity index (χ2n) is 3.71. The van der Waals surface area contributed by atoms with Gasteiger partial charge in [0.1, 0.15) is 0 Å². The fraction of sp³-hybridized carbons (Fsp3) is 0.0769.